The zero-order valence-corrected chi connectivity index (χ0v) is 16.7. The highest BCUT2D eigenvalue weighted by molar-refractivity contribution is 7.98. The molecular formula is C19H29N3OS2. The van der Waals surface area contributed by atoms with E-state index in [-0.39, 0.29) is 0 Å². The van der Waals surface area contributed by atoms with Gasteiger partial charge in [-0.2, -0.15) is 0 Å². The summed E-state index contributed by atoms with van der Waals surface area (Å²) in [7, 11) is 0. The van der Waals surface area contributed by atoms with Crippen LogP contribution in [-0.2, 0) is 4.74 Å². The number of nitrogens with one attached hydrogen (secondary N) is 1. The van der Waals surface area contributed by atoms with Gasteiger partial charge < -0.3 is 15.0 Å². The molecule has 3 rings (SSSR count). The number of thioether (sulfide) groups is 1. The van der Waals surface area contributed by atoms with Gasteiger partial charge in [-0.3, -0.25) is 4.90 Å². The Morgan fingerprint density at radius 3 is 2.92 bits per heavy atom. The lowest BCUT2D eigenvalue weighted by Crippen LogP contribution is -2.47. The Labute approximate surface area is 161 Å². The third kappa shape index (κ3) is 5.58. The first-order valence-corrected chi connectivity index (χ1v) is 10.9. The first kappa shape index (κ1) is 19.0. The Morgan fingerprint density at radius 1 is 1.28 bits per heavy atom. The highest BCUT2D eigenvalue weighted by Gasteiger charge is 2.25. The SMILES string of the molecule is CSc1cccc(NC(=S)N2CCCC[C@H]2CCN2CCOCC2)c1. The van der Waals surface area contributed by atoms with E-state index in [1.807, 2.05) is 0 Å². The largest absolute Gasteiger partial charge is 0.379 e. The average molecular weight is 380 g/mol. The summed E-state index contributed by atoms with van der Waals surface area (Å²) < 4.78 is 5.45. The standard InChI is InChI=1S/C19H29N3OS2/c1-25-18-7-4-5-16(15-18)20-19(24)22-9-3-2-6-17(22)8-10-21-11-13-23-14-12-21/h4-5,7,15,17H,2-3,6,8-14H2,1H3,(H,20,24)/t17-/m0/s1. The third-order valence-corrected chi connectivity index (χ3v) is 6.15. The van der Waals surface area contributed by atoms with Crippen LogP contribution in [0.2, 0.25) is 0 Å². The molecule has 0 amide bonds. The Balaban J connectivity index is 1.56. The zero-order valence-electron chi connectivity index (χ0n) is 15.1. The molecule has 0 bridgehead atoms. The summed E-state index contributed by atoms with van der Waals surface area (Å²) in [6, 6.07) is 9.04. The molecule has 0 saturated carbocycles. The number of hydrogen-bond donors (Lipinski definition) is 1. The van der Waals surface area contributed by atoms with Crippen molar-refractivity contribution in [3.8, 4) is 0 Å². The minimum atomic E-state index is 0.556. The molecule has 6 heteroatoms. The van der Waals surface area contributed by atoms with E-state index in [9.17, 15) is 0 Å². The van der Waals surface area contributed by atoms with Crippen LogP contribution in [-0.4, -0.2) is 66.6 Å². The molecule has 2 saturated heterocycles. The third-order valence-electron chi connectivity index (χ3n) is 5.09. The molecule has 2 aliphatic rings. The second-order valence-corrected chi connectivity index (χ2v) is 8.01. The predicted molar refractivity (Wildman–Crippen MR) is 111 cm³/mol. The number of likely N-dealkylation sites (tertiary alicyclic amines) is 1. The fourth-order valence-electron chi connectivity index (χ4n) is 3.62. The molecule has 1 aromatic rings. The Morgan fingerprint density at radius 2 is 2.12 bits per heavy atom. The summed E-state index contributed by atoms with van der Waals surface area (Å²) in [6.07, 6.45) is 7.09. The van der Waals surface area contributed by atoms with Crippen LogP contribution in [0.25, 0.3) is 0 Å². The summed E-state index contributed by atoms with van der Waals surface area (Å²) >= 11 is 7.52. The van der Waals surface area contributed by atoms with Gasteiger partial charge in [-0.15, -0.1) is 11.8 Å². The van der Waals surface area contributed by atoms with E-state index in [2.05, 4.69) is 45.6 Å². The lowest BCUT2D eigenvalue weighted by atomic mass is 9.99. The molecule has 25 heavy (non-hydrogen) atoms. The first-order chi connectivity index (χ1) is 12.3. The second kappa shape index (κ2) is 9.76. The van der Waals surface area contributed by atoms with E-state index in [1.54, 1.807) is 11.8 Å². The molecule has 2 fully saturated rings. The maximum atomic E-state index is 5.76. The molecule has 0 unspecified atom stereocenters. The second-order valence-electron chi connectivity index (χ2n) is 6.75. The van der Waals surface area contributed by atoms with Gasteiger partial charge in [0.25, 0.3) is 0 Å². The van der Waals surface area contributed by atoms with Crippen LogP contribution in [0.15, 0.2) is 29.2 Å². The molecule has 1 aromatic carbocycles. The van der Waals surface area contributed by atoms with Crippen molar-refractivity contribution in [2.45, 2.75) is 36.6 Å². The molecule has 0 aliphatic carbocycles. The van der Waals surface area contributed by atoms with Crippen molar-refractivity contribution in [1.82, 2.24) is 9.80 Å². The van der Waals surface area contributed by atoms with Gasteiger partial charge in [0.15, 0.2) is 5.11 Å². The van der Waals surface area contributed by atoms with E-state index in [0.29, 0.717) is 6.04 Å². The monoisotopic (exact) mass is 379 g/mol. The van der Waals surface area contributed by atoms with E-state index < -0.39 is 0 Å². The Kier molecular flexibility index (Phi) is 7.40. The van der Waals surface area contributed by atoms with Crippen molar-refractivity contribution in [3.63, 3.8) is 0 Å². The van der Waals surface area contributed by atoms with E-state index >= 15 is 0 Å². The molecule has 4 nitrogen and oxygen atoms in total. The van der Waals surface area contributed by atoms with Gasteiger partial charge in [-0.05, 0) is 62.4 Å². The van der Waals surface area contributed by atoms with Gasteiger partial charge in [0, 0.05) is 42.8 Å². The summed E-state index contributed by atoms with van der Waals surface area (Å²) in [5, 5.41) is 4.34. The number of morpholine rings is 1. The van der Waals surface area contributed by atoms with E-state index in [0.717, 1.165) is 50.2 Å². The van der Waals surface area contributed by atoms with Crippen LogP contribution in [0, 0.1) is 0 Å². The average Bonchev–Trinajstić information content (AvgIpc) is 2.67. The normalized spacial score (nSPS) is 22.0. The van der Waals surface area contributed by atoms with Gasteiger partial charge in [-0.1, -0.05) is 6.07 Å². The van der Waals surface area contributed by atoms with Crippen molar-refractivity contribution in [2.75, 3.05) is 51.0 Å². The number of piperidine rings is 1. The summed E-state index contributed by atoms with van der Waals surface area (Å²) in [6.45, 7) is 6.10. The Hall–Kier alpha value is -0.820. The van der Waals surface area contributed by atoms with Gasteiger partial charge >= 0.3 is 0 Å². The molecule has 138 valence electrons. The quantitative estimate of drug-likeness (QED) is 0.620. The van der Waals surface area contributed by atoms with Crippen LogP contribution >= 0.6 is 24.0 Å². The fraction of sp³-hybridized carbons (Fsp3) is 0.632. The topological polar surface area (TPSA) is 27.7 Å². The highest BCUT2D eigenvalue weighted by atomic mass is 32.2. The molecule has 1 atom stereocenters. The molecular weight excluding hydrogens is 350 g/mol. The molecule has 0 radical (unpaired) electrons. The number of nitrogens with zero attached hydrogens (tertiary/aromatic N) is 2. The van der Waals surface area contributed by atoms with Gasteiger partial charge in [0.05, 0.1) is 13.2 Å². The number of thiocarbonyl (C=S) groups is 1. The molecule has 0 spiro atoms. The van der Waals surface area contributed by atoms with Gasteiger partial charge in [0.2, 0.25) is 0 Å². The number of ether oxygens (including phenoxy) is 1. The maximum absolute atomic E-state index is 5.76. The van der Waals surface area contributed by atoms with Crippen molar-refractivity contribution < 1.29 is 4.74 Å². The number of anilines is 1. The van der Waals surface area contributed by atoms with Gasteiger partial charge in [0.1, 0.15) is 0 Å². The lowest BCUT2D eigenvalue weighted by molar-refractivity contribution is 0.0338. The molecule has 1 N–H and O–H groups in total. The first-order valence-electron chi connectivity index (χ1n) is 9.28. The predicted octanol–water partition coefficient (Wildman–Crippen LogP) is 3.68. The van der Waals surface area contributed by atoms with Crippen LogP contribution in [0.4, 0.5) is 5.69 Å². The van der Waals surface area contributed by atoms with Crippen molar-refractivity contribution in [2.24, 2.45) is 0 Å². The summed E-state index contributed by atoms with van der Waals surface area (Å²) in [5.41, 5.74) is 1.09. The van der Waals surface area contributed by atoms with Crippen molar-refractivity contribution in [1.29, 1.82) is 0 Å². The smallest absolute Gasteiger partial charge is 0.173 e. The van der Waals surface area contributed by atoms with Crippen molar-refractivity contribution >= 4 is 34.8 Å². The van der Waals surface area contributed by atoms with E-state index in [1.165, 1.54) is 30.6 Å². The minimum absolute atomic E-state index is 0.556. The molecule has 2 aliphatic heterocycles. The number of rotatable bonds is 5. The minimum Gasteiger partial charge on any atom is -0.379 e. The highest BCUT2D eigenvalue weighted by Crippen LogP contribution is 2.23. The summed E-state index contributed by atoms with van der Waals surface area (Å²) in [5.74, 6) is 0. The fourth-order valence-corrected chi connectivity index (χ4v) is 4.44. The van der Waals surface area contributed by atoms with E-state index in [4.69, 9.17) is 17.0 Å². The van der Waals surface area contributed by atoms with Crippen LogP contribution in [0.1, 0.15) is 25.7 Å². The summed E-state index contributed by atoms with van der Waals surface area (Å²) in [4.78, 5) is 6.20. The van der Waals surface area contributed by atoms with Gasteiger partial charge in [-0.25, -0.2) is 0 Å². The number of hydrogen-bond acceptors (Lipinski definition) is 4. The molecule has 2 heterocycles. The van der Waals surface area contributed by atoms with Crippen molar-refractivity contribution in [3.05, 3.63) is 24.3 Å². The van der Waals surface area contributed by atoms with Crippen LogP contribution < -0.4 is 5.32 Å². The molecule has 0 aromatic heterocycles. The number of benzene rings is 1. The van der Waals surface area contributed by atoms with Crippen LogP contribution in [0.3, 0.4) is 0 Å². The van der Waals surface area contributed by atoms with Crippen LogP contribution in [0.5, 0.6) is 0 Å². The zero-order chi connectivity index (χ0) is 17.5. The maximum Gasteiger partial charge on any atom is 0.173 e. The Bertz CT molecular complexity index is 563. The lowest BCUT2D eigenvalue weighted by Gasteiger charge is -2.39.